The molecule has 0 atom stereocenters. The van der Waals surface area contributed by atoms with Gasteiger partial charge in [-0.25, -0.2) is 15.0 Å². The first-order chi connectivity index (χ1) is 16.0. The first-order valence-electron chi connectivity index (χ1n) is 11.8. The molecule has 3 rings (SSSR count). The number of hydrogen-bond donors (Lipinski definition) is 1. The maximum Gasteiger partial charge on any atom is 0.144 e. The van der Waals surface area contributed by atoms with E-state index >= 15 is 0 Å². The van der Waals surface area contributed by atoms with Crippen molar-refractivity contribution in [1.29, 1.82) is 0 Å². The highest BCUT2D eigenvalue weighted by Gasteiger charge is 2.22. The van der Waals surface area contributed by atoms with Gasteiger partial charge in [-0.3, -0.25) is 4.99 Å². The second-order valence-corrected chi connectivity index (χ2v) is 9.16. The molecule has 0 spiro atoms. The average molecular weight is 465 g/mol. The molecule has 0 amide bonds. The van der Waals surface area contributed by atoms with Gasteiger partial charge in [-0.1, -0.05) is 26.8 Å². The van der Waals surface area contributed by atoms with Crippen LogP contribution in [0.5, 0.6) is 0 Å². The molecule has 2 aromatic rings. The molecule has 1 fully saturated rings. The van der Waals surface area contributed by atoms with Crippen LogP contribution >= 0.6 is 11.3 Å². The second kappa shape index (κ2) is 11.9. The van der Waals surface area contributed by atoms with E-state index in [-0.39, 0.29) is 0 Å². The predicted molar refractivity (Wildman–Crippen MR) is 143 cm³/mol. The number of allylic oxidation sites excluding steroid dienone is 3. The molecule has 0 radical (unpaired) electrons. The molecule has 7 heteroatoms. The van der Waals surface area contributed by atoms with E-state index < -0.39 is 0 Å². The lowest BCUT2D eigenvalue weighted by Gasteiger charge is -2.25. The largest absolute Gasteiger partial charge is 0.351 e. The topological polar surface area (TPSA) is 65.8 Å². The van der Waals surface area contributed by atoms with Gasteiger partial charge < -0.3 is 10.2 Å². The third-order valence-electron chi connectivity index (χ3n) is 5.82. The summed E-state index contributed by atoms with van der Waals surface area (Å²) in [5.41, 5.74) is 7.49. The Balaban J connectivity index is 1.91. The summed E-state index contributed by atoms with van der Waals surface area (Å²) < 4.78 is 0. The van der Waals surface area contributed by atoms with E-state index in [1.54, 1.807) is 17.7 Å². The van der Waals surface area contributed by atoms with Gasteiger partial charge in [0.2, 0.25) is 0 Å². The Labute approximate surface area is 202 Å². The van der Waals surface area contributed by atoms with Gasteiger partial charge in [0.25, 0.3) is 0 Å². The molecule has 1 saturated carbocycles. The summed E-state index contributed by atoms with van der Waals surface area (Å²) in [4.78, 5) is 21.3. The van der Waals surface area contributed by atoms with Crippen LogP contribution in [0.4, 0.5) is 11.5 Å². The summed E-state index contributed by atoms with van der Waals surface area (Å²) in [6.45, 7) is 13.2. The predicted octanol–water partition coefficient (Wildman–Crippen LogP) is 6.69. The monoisotopic (exact) mass is 464 g/mol. The van der Waals surface area contributed by atoms with Crippen LogP contribution in [-0.2, 0) is 6.42 Å². The van der Waals surface area contributed by atoms with E-state index in [2.05, 4.69) is 52.9 Å². The molecule has 0 bridgehead atoms. The van der Waals surface area contributed by atoms with E-state index in [1.807, 2.05) is 26.1 Å². The minimum atomic E-state index is 0.804. The Kier molecular flexibility index (Phi) is 8.95. The van der Waals surface area contributed by atoms with Gasteiger partial charge in [0.15, 0.2) is 0 Å². The summed E-state index contributed by atoms with van der Waals surface area (Å²) in [5, 5.41) is 6.11. The van der Waals surface area contributed by atoms with E-state index in [0.29, 0.717) is 0 Å². The normalized spacial score (nSPS) is 16.6. The molecule has 0 aromatic carbocycles. The van der Waals surface area contributed by atoms with Gasteiger partial charge >= 0.3 is 0 Å². The van der Waals surface area contributed by atoms with E-state index in [1.165, 1.54) is 23.4 Å². The fourth-order valence-electron chi connectivity index (χ4n) is 4.01. The van der Waals surface area contributed by atoms with Crippen molar-refractivity contribution >= 4 is 34.9 Å². The maximum absolute atomic E-state index is 5.01. The van der Waals surface area contributed by atoms with Crippen molar-refractivity contribution in [3.05, 3.63) is 46.8 Å². The summed E-state index contributed by atoms with van der Waals surface area (Å²) in [6, 6.07) is 4.03. The highest BCUT2D eigenvalue weighted by molar-refractivity contribution is 7.13. The molecule has 1 aliphatic rings. The molecule has 33 heavy (non-hydrogen) atoms. The summed E-state index contributed by atoms with van der Waals surface area (Å²) in [7, 11) is 1.91. The minimum absolute atomic E-state index is 0.804. The number of thiazole rings is 1. The van der Waals surface area contributed by atoms with Crippen LogP contribution < -0.4 is 10.2 Å². The number of nitrogens with one attached hydrogen (secondary N) is 1. The number of rotatable bonds is 10. The molecule has 176 valence electrons. The minimum Gasteiger partial charge on any atom is -0.351 e. The Morgan fingerprint density at radius 1 is 1.24 bits per heavy atom. The van der Waals surface area contributed by atoms with Crippen LogP contribution in [0.1, 0.15) is 65.5 Å². The Morgan fingerprint density at radius 2 is 2.06 bits per heavy atom. The molecule has 0 aliphatic heterocycles. The highest BCUT2D eigenvalue weighted by Crippen LogP contribution is 2.33. The molecular weight excluding hydrogens is 428 g/mol. The lowest BCUT2D eigenvalue weighted by atomic mass is 10.1. The number of pyridine rings is 1. The fraction of sp³-hybridized carbons (Fsp3) is 0.462. The van der Waals surface area contributed by atoms with Crippen LogP contribution in [0.15, 0.2) is 51.0 Å². The van der Waals surface area contributed by atoms with Crippen molar-refractivity contribution in [3.63, 3.8) is 0 Å². The summed E-state index contributed by atoms with van der Waals surface area (Å²) >= 11 is 1.65. The highest BCUT2D eigenvalue weighted by atomic mass is 32.1. The first kappa shape index (κ1) is 24.8. The van der Waals surface area contributed by atoms with Gasteiger partial charge in [-0.05, 0) is 63.7 Å². The van der Waals surface area contributed by atoms with E-state index in [9.17, 15) is 0 Å². The van der Waals surface area contributed by atoms with Crippen LogP contribution in [0.25, 0.3) is 10.7 Å². The molecular formula is C26H36N6S. The number of unbranched alkanes of at least 4 members (excludes halogenated alkanes) is 1. The quantitative estimate of drug-likeness (QED) is 0.314. The third-order valence-corrected chi connectivity index (χ3v) is 6.68. The van der Waals surface area contributed by atoms with Gasteiger partial charge in [-0.15, -0.1) is 11.3 Å². The average Bonchev–Trinajstić information content (AvgIpc) is 3.49. The Hall–Kier alpha value is -2.80. The smallest absolute Gasteiger partial charge is 0.144 e. The number of aliphatic imine (C=N–C) groups is 2. The standard InChI is InChI=1S/C26H36N6S/c1-7-9-15-32(19(5)20-11-10-12-22(20)27-6)25-16-33-26(31-25)24-14-13-23(21(8-2)30-24)29-17-28-18(3)4/h13-14,16-17H,3,7-12,15H2,1-2,4-6H3,(H,28,29)/b20-19+,27-22?. The third kappa shape index (κ3) is 6.16. The fourth-order valence-corrected chi connectivity index (χ4v) is 4.78. The number of aromatic nitrogens is 2. The van der Waals surface area contributed by atoms with E-state index in [4.69, 9.17) is 9.97 Å². The van der Waals surface area contributed by atoms with Crippen molar-refractivity contribution in [2.45, 2.75) is 66.2 Å². The molecule has 2 heterocycles. The van der Waals surface area contributed by atoms with Crippen LogP contribution in [-0.4, -0.2) is 35.6 Å². The van der Waals surface area contributed by atoms with Crippen LogP contribution in [0.2, 0.25) is 0 Å². The number of hydrogen-bond acceptors (Lipinski definition) is 6. The zero-order valence-electron chi connectivity index (χ0n) is 20.6. The molecule has 1 N–H and O–H groups in total. The van der Waals surface area contributed by atoms with Gasteiger partial charge in [0, 0.05) is 36.1 Å². The zero-order chi connectivity index (χ0) is 23.8. The summed E-state index contributed by atoms with van der Waals surface area (Å²) in [5.74, 6) is 1.00. The number of anilines is 1. The van der Waals surface area contributed by atoms with E-state index in [0.717, 1.165) is 72.2 Å². The van der Waals surface area contributed by atoms with Crippen molar-refractivity contribution in [3.8, 4) is 10.7 Å². The van der Waals surface area contributed by atoms with Crippen molar-refractivity contribution in [2.75, 3.05) is 18.5 Å². The Bertz CT molecular complexity index is 1060. The van der Waals surface area contributed by atoms with Crippen LogP contribution in [0.3, 0.4) is 0 Å². The zero-order valence-corrected chi connectivity index (χ0v) is 21.4. The van der Waals surface area contributed by atoms with Gasteiger partial charge in [-0.2, -0.15) is 0 Å². The lowest BCUT2D eigenvalue weighted by Crippen LogP contribution is -2.24. The molecule has 1 aliphatic carbocycles. The van der Waals surface area contributed by atoms with Crippen molar-refractivity contribution in [2.24, 2.45) is 9.98 Å². The SMILES string of the molecule is C=C(C)NC=Nc1ccc(-c2nc(N(CCCC)/C(C)=C3\CCCC3=NC)cs2)nc1CC. The number of aryl methyl sites for hydroxylation is 1. The Morgan fingerprint density at radius 3 is 2.76 bits per heavy atom. The molecule has 2 aromatic heterocycles. The lowest BCUT2D eigenvalue weighted by molar-refractivity contribution is 0.755. The summed E-state index contributed by atoms with van der Waals surface area (Å²) in [6.07, 6.45) is 8.10. The van der Waals surface area contributed by atoms with Crippen molar-refractivity contribution in [1.82, 2.24) is 15.3 Å². The molecule has 0 saturated heterocycles. The second-order valence-electron chi connectivity index (χ2n) is 8.30. The molecule has 0 unspecified atom stereocenters. The first-order valence-corrected chi connectivity index (χ1v) is 12.7. The maximum atomic E-state index is 5.01. The van der Waals surface area contributed by atoms with Gasteiger partial charge in [0.1, 0.15) is 10.8 Å². The molecule has 6 nitrogen and oxygen atoms in total. The van der Waals surface area contributed by atoms with Crippen LogP contribution in [0, 0.1) is 0 Å². The number of nitrogens with zero attached hydrogens (tertiary/aromatic N) is 5. The van der Waals surface area contributed by atoms with Crippen molar-refractivity contribution < 1.29 is 0 Å². The van der Waals surface area contributed by atoms with Gasteiger partial charge in [0.05, 0.1) is 23.4 Å².